The summed E-state index contributed by atoms with van der Waals surface area (Å²) in [4.78, 5) is 20.5. The molecule has 4 aliphatic rings. The Balaban J connectivity index is 0.000000266. The molecule has 0 radical (unpaired) electrons. The fourth-order valence-electron chi connectivity index (χ4n) is 8.93. The first kappa shape index (κ1) is 34.1. The molecule has 6 unspecified atom stereocenters. The number of hydrogen-bond acceptors (Lipinski definition) is 4. The van der Waals surface area contributed by atoms with Crippen LogP contribution in [0, 0.1) is 46.8 Å². The van der Waals surface area contributed by atoms with Crippen molar-refractivity contribution in [3.05, 3.63) is 11.6 Å². The van der Waals surface area contributed by atoms with E-state index in [1.54, 1.807) is 25.7 Å². The Morgan fingerprint density at radius 1 is 0.976 bits per heavy atom. The molecule has 6 heteroatoms. The summed E-state index contributed by atoms with van der Waals surface area (Å²) in [7, 11) is 0. The molecular formula is C35H61NO5. The predicted molar refractivity (Wildman–Crippen MR) is 166 cm³/mol. The van der Waals surface area contributed by atoms with Crippen LogP contribution in [0.2, 0.25) is 0 Å². The van der Waals surface area contributed by atoms with Crippen molar-refractivity contribution in [1.29, 1.82) is 0 Å². The quantitative estimate of drug-likeness (QED) is 0.161. The SMILES string of the molecule is CC(=O)CCOCCOCCNC(=O)O.CC(C)CCCC(C)C1CCC2C1CCC1C2CC=C2CCCC[C@@]21C. The topological polar surface area (TPSA) is 84.9 Å². The minimum absolute atomic E-state index is 0.0987. The molecule has 0 aromatic heterocycles. The molecule has 41 heavy (non-hydrogen) atoms. The van der Waals surface area contributed by atoms with Crippen LogP contribution in [-0.4, -0.2) is 50.0 Å². The molecule has 1 amide bonds. The largest absolute Gasteiger partial charge is 0.465 e. The van der Waals surface area contributed by atoms with Gasteiger partial charge in [0, 0.05) is 13.0 Å². The zero-order valence-corrected chi connectivity index (χ0v) is 26.9. The van der Waals surface area contributed by atoms with Gasteiger partial charge in [-0.3, -0.25) is 4.79 Å². The maximum Gasteiger partial charge on any atom is 0.404 e. The summed E-state index contributed by atoms with van der Waals surface area (Å²) < 4.78 is 10.1. The van der Waals surface area contributed by atoms with Gasteiger partial charge in [-0.05, 0) is 105 Å². The number of rotatable bonds is 14. The Hall–Kier alpha value is -1.40. The highest BCUT2D eigenvalue weighted by Crippen LogP contribution is 2.62. The minimum Gasteiger partial charge on any atom is -0.465 e. The van der Waals surface area contributed by atoms with Gasteiger partial charge in [-0.1, -0.05) is 65.0 Å². The average molecular weight is 576 g/mol. The van der Waals surface area contributed by atoms with Gasteiger partial charge in [0.05, 0.1) is 26.4 Å². The van der Waals surface area contributed by atoms with Crippen LogP contribution in [0.1, 0.15) is 118 Å². The highest BCUT2D eigenvalue weighted by atomic mass is 16.5. The van der Waals surface area contributed by atoms with Gasteiger partial charge < -0.3 is 19.9 Å². The first-order chi connectivity index (χ1) is 19.6. The van der Waals surface area contributed by atoms with Gasteiger partial charge in [0.2, 0.25) is 0 Å². The summed E-state index contributed by atoms with van der Waals surface area (Å²) in [5.41, 5.74) is 2.47. The smallest absolute Gasteiger partial charge is 0.404 e. The second-order valence-electron chi connectivity index (χ2n) is 14.2. The van der Waals surface area contributed by atoms with Gasteiger partial charge in [-0.25, -0.2) is 4.79 Å². The van der Waals surface area contributed by atoms with E-state index in [0.29, 0.717) is 38.3 Å². The number of ether oxygens (including phenoxy) is 2. The molecule has 0 bridgehead atoms. The standard InChI is InChI=1S/C26H44.C9H17NO5/c1-18(2)8-7-9-19(3)21-13-14-23-22(21)15-16-25-24(23)12-11-20-10-5-6-17-26(20,25)4;1-8(11)2-4-14-6-7-15-5-3-10-9(12)13/h11,18-19,21-25H,5-10,12-17H2,1-4H3;10H,2-7H2,1H3,(H,12,13)/t19?,21?,22?,23?,24?,25?,26-;/m0./s1. The number of Topliss-reactive ketones (excluding diaryl/α,β-unsaturated/α-hetero) is 1. The van der Waals surface area contributed by atoms with Crippen LogP contribution in [0.15, 0.2) is 11.6 Å². The van der Waals surface area contributed by atoms with E-state index in [1.165, 1.54) is 58.3 Å². The number of hydrogen-bond donors (Lipinski definition) is 2. The highest BCUT2D eigenvalue weighted by Gasteiger charge is 2.53. The van der Waals surface area contributed by atoms with Crippen molar-refractivity contribution in [1.82, 2.24) is 5.32 Å². The average Bonchev–Trinajstić information content (AvgIpc) is 3.36. The van der Waals surface area contributed by atoms with E-state index in [-0.39, 0.29) is 12.3 Å². The molecule has 2 N–H and O–H groups in total. The maximum absolute atomic E-state index is 10.5. The number of amides is 1. The molecule has 3 fully saturated rings. The van der Waals surface area contributed by atoms with Crippen LogP contribution < -0.4 is 5.32 Å². The monoisotopic (exact) mass is 575 g/mol. The molecule has 236 valence electrons. The van der Waals surface area contributed by atoms with E-state index < -0.39 is 6.09 Å². The Morgan fingerprint density at radius 3 is 2.41 bits per heavy atom. The van der Waals surface area contributed by atoms with Crippen molar-refractivity contribution in [2.24, 2.45) is 46.8 Å². The van der Waals surface area contributed by atoms with Crippen molar-refractivity contribution >= 4 is 11.9 Å². The summed E-state index contributed by atoms with van der Waals surface area (Å²) in [5, 5.41) is 10.4. The van der Waals surface area contributed by atoms with Gasteiger partial charge in [0.25, 0.3) is 0 Å². The number of carboxylic acid groups (broad SMARTS) is 1. The van der Waals surface area contributed by atoms with Crippen LogP contribution in [-0.2, 0) is 14.3 Å². The fraction of sp³-hybridized carbons (Fsp3) is 0.886. The number of ketones is 1. The molecule has 0 heterocycles. The van der Waals surface area contributed by atoms with E-state index in [9.17, 15) is 9.59 Å². The van der Waals surface area contributed by atoms with E-state index in [4.69, 9.17) is 14.6 Å². The molecule has 3 saturated carbocycles. The molecule has 7 atom stereocenters. The third kappa shape index (κ3) is 10.1. The van der Waals surface area contributed by atoms with E-state index in [0.717, 1.165) is 41.4 Å². The molecule has 0 aliphatic heterocycles. The summed E-state index contributed by atoms with van der Waals surface area (Å²) in [5.74, 6) is 7.22. The molecule has 0 saturated heterocycles. The van der Waals surface area contributed by atoms with Gasteiger partial charge in [0.1, 0.15) is 5.78 Å². The van der Waals surface area contributed by atoms with Gasteiger partial charge in [-0.2, -0.15) is 0 Å². The first-order valence-corrected chi connectivity index (χ1v) is 16.9. The van der Waals surface area contributed by atoms with E-state index in [2.05, 4.69) is 39.1 Å². The van der Waals surface area contributed by atoms with Crippen LogP contribution >= 0.6 is 0 Å². The minimum atomic E-state index is -1.06. The van der Waals surface area contributed by atoms with Gasteiger partial charge in [-0.15, -0.1) is 0 Å². The zero-order valence-electron chi connectivity index (χ0n) is 26.9. The van der Waals surface area contributed by atoms with Gasteiger partial charge in [0.15, 0.2) is 0 Å². The summed E-state index contributed by atoms with van der Waals surface area (Å²) in [6.45, 7) is 13.4. The highest BCUT2D eigenvalue weighted by molar-refractivity contribution is 5.75. The molecule has 4 rings (SSSR count). The second-order valence-corrected chi connectivity index (χ2v) is 14.2. The number of carbonyl (C=O) groups is 2. The molecule has 0 spiro atoms. The molecule has 0 aromatic carbocycles. The zero-order chi connectivity index (χ0) is 29.8. The predicted octanol–water partition coefficient (Wildman–Crippen LogP) is 8.29. The van der Waals surface area contributed by atoms with Crippen LogP contribution in [0.3, 0.4) is 0 Å². The van der Waals surface area contributed by atoms with E-state index >= 15 is 0 Å². The van der Waals surface area contributed by atoms with Crippen LogP contribution in [0.25, 0.3) is 0 Å². The maximum atomic E-state index is 10.5. The summed E-state index contributed by atoms with van der Waals surface area (Å²) in [6, 6.07) is 0. The molecule has 0 aromatic rings. The first-order valence-electron chi connectivity index (χ1n) is 16.9. The summed E-state index contributed by atoms with van der Waals surface area (Å²) in [6.07, 6.45) is 20.0. The second kappa shape index (κ2) is 17.0. The van der Waals surface area contributed by atoms with Crippen LogP contribution in [0.5, 0.6) is 0 Å². The third-order valence-corrected chi connectivity index (χ3v) is 11.1. The number of carbonyl (C=O) groups excluding carboxylic acids is 1. The Labute approximate surface area is 250 Å². The number of fused-ring (bicyclic) bond motifs is 5. The molecule has 4 aliphatic carbocycles. The number of nitrogens with one attached hydrogen (secondary N) is 1. The molecular weight excluding hydrogens is 514 g/mol. The number of allylic oxidation sites excluding steroid dienone is 2. The summed E-state index contributed by atoms with van der Waals surface area (Å²) >= 11 is 0. The lowest BCUT2D eigenvalue weighted by molar-refractivity contribution is -0.118. The Bertz CT molecular complexity index is 820. The van der Waals surface area contributed by atoms with Gasteiger partial charge >= 0.3 is 6.09 Å². The van der Waals surface area contributed by atoms with E-state index in [1.807, 2.05) is 5.57 Å². The lowest BCUT2D eigenvalue weighted by Gasteiger charge is -2.55. The van der Waals surface area contributed by atoms with Crippen LogP contribution in [0.4, 0.5) is 4.79 Å². The lowest BCUT2D eigenvalue weighted by atomic mass is 9.50. The Morgan fingerprint density at radius 2 is 1.71 bits per heavy atom. The third-order valence-electron chi connectivity index (χ3n) is 11.1. The van der Waals surface area contributed by atoms with Crippen molar-refractivity contribution in [3.8, 4) is 0 Å². The lowest BCUT2D eigenvalue weighted by Crippen LogP contribution is -2.46. The van der Waals surface area contributed by atoms with Crippen molar-refractivity contribution in [2.75, 3.05) is 33.0 Å². The van der Waals surface area contributed by atoms with Crippen molar-refractivity contribution in [3.63, 3.8) is 0 Å². The van der Waals surface area contributed by atoms with Crippen molar-refractivity contribution in [2.45, 2.75) is 118 Å². The fourth-order valence-corrected chi connectivity index (χ4v) is 8.93. The van der Waals surface area contributed by atoms with Crippen molar-refractivity contribution < 1.29 is 24.2 Å². The molecule has 6 nitrogen and oxygen atoms in total. The normalized spacial score (nSPS) is 31.2. The Kier molecular flexibility index (Phi) is 14.2.